The van der Waals surface area contributed by atoms with E-state index in [9.17, 15) is 0 Å². The molecule has 0 unspecified atom stereocenters. The van der Waals surface area contributed by atoms with Crippen molar-refractivity contribution in [3.63, 3.8) is 0 Å². The van der Waals surface area contributed by atoms with Crippen LogP contribution in [0.25, 0.3) is 5.57 Å². The summed E-state index contributed by atoms with van der Waals surface area (Å²) in [6, 6.07) is 6.62. The molecule has 1 N–H and O–H groups in total. The minimum atomic E-state index is 0.0485. The monoisotopic (exact) mass is 245 g/mol. The normalized spacial score (nSPS) is 16.8. The molecule has 0 radical (unpaired) electrons. The van der Waals surface area contributed by atoms with Crippen molar-refractivity contribution in [2.24, 2.45) is 0 Å². The lowest BCUT2D eigenvalue weighted by atomic mass is 9.91. The summed E-state index contributed by atoms with van der Waals surface area (Å²) < 4.78 is 0. The van der Waals surface area contributed by atoms with E-state index >= 15 is 0 Å². The van der Waals surface area contributed by atoms with E-state index < -0.39 is 0 Å². The maximum Gasteiger partial charge on any atom is 0.0505 e. The van der Waals surface area contributed by atoms with Gasteiger partial charge in [0.15, 0.2) is 0 Å². The van der Waals surface area contributed by atoms with Gasteiger partial charge in [-0.05, 0) is 44.5 Å². The molecule has 1 aromatic rings. The van der Waals surface area contributed by atoms with Gasteiger partial charge in [0.1, 0.15) is 0 Å². The first-order valence-electron chi connectivity index (χ1n) is 5.87. The number of hydrogen-bond acceptors (Lipinski definition) is 2. The van der Waals surface area contributed by atoms with Gasteiger partial charge in [-0.3, -0.25) is 0 Å². The number of nitrogens with one attached hydrogen (secondary N) is 1. The molecule has 0 saturated heterocycles. The maximum atomic E-state index is 3.75. The molecule has 1 heterocycles. The third-order valence-electron chi connectivity index (χ3n) is 2.82. The molecule has 1 aliphatic heterocycles. The highest BCUT2D eigenvalue weighted by molar-refractivity contribution is 7.99. The van der Waals surface area contributed by atoms with Crippen LogP contribution < -0.4 is 5.32 Å². The van der Waals surface area contributed by atoms with E-state index in [0.29, 0.717) is 0 Å². The van der Waals surface area contributed by atoms with Crippen LogP contribution in [-0.4, -0.2) is 11.3 Å². The SMILES string of the molecule is C=CCSc1ccc2c(c1)C(C)=CC(C)(C)N2. The van der Waals surface area contributed by atoms with Crippen LogP contribution in [0.15, 0.2) is 41.8 Å². The van der Waals surface area contributed by atoms with Crippen molar-refractivity contribution in [1.29, 1.82) is 0 Å². The van der Waals surface area contributed by atoms with E-state index in [1.807, 2.05) is 17.8 Å². The Hall–Kier alpha value is -1.15. The zero-order valence-electron chi connectivity index (χ0n) is 10.7. The summed E-state index contributed by atoms with van der Waals surface area (Å²) >= 11 is 1.82. The Balaban J connectivity index is 2.34. The summed E-state index contributed by atoms with van der Waals surface area (Å²) in [5.74, 6) is 0.959. The van der Waals surface area contributed by atoms with Crippen LogP contribution in [0.3, 0.4) is 0 Å². The van der Waals surface area contributed by atoms with E-state index in [1.54, 1.807) is 0 Å². The van der Waals surface area contributed by atoms with E-state index in [4.69, 9.17) is 0 Å². The molecule has 0 spiro atoms. The zero-order valence-corrected chi connectivity index (χ0v) is 11.5. The van der Waals surface area contributed by atoms with Gasteiger partial charge in [0, 0.05) is 21.9 Å². The second-order valence-corrected chi connectivity index (χ2v) is 6.07. The Morgan fingerprint density at radius 2 is 2.18 bits per heavy atom. The van der Waals surface area contributed by atoms with Crippen molar-refractivity contribution >= 4 is 23.0 Å². The third kappa shape index (κ3) is 2.75. The molecule has 0 saturated carbocycles. The summed E-state index contributed by atoms with van der Waals surface area (Å²) in [5, 5.41) is 3.54. The lowest BCUT2D eigenvalue weighted by Gasteiger charge is -2.31. The van der Waals surface area contributed by atoms with E-state index in [2.05, 4.69) is 56.9 Å². The van der Waals surface area contributed by atoms with E-state index in [1.165, 1.54) is 21.7 Å². The number of rotatable bonds is 3. The second-order valence-electron chi connectivity index (χ2n) is 4.98. The molecule has 1 nitrogen and oxygen atoms in total. The van der Waals surface area contributed by atoms with Crippen LogP contribution in [0.5, 0.6) is 0 Å². The fourth-order valence-corrected chi connectivity index (χ4v) is 2.88. The maximum absolute atomic E-state index is 3.75. The first kappa shape index (κ1) is 12.3. The fraction of sp³-hybridized carbons (Fsp3) is 0.333. The summed E-state index contributed by atoms with van der Waals surface area (Å²) in [4.78, 5) is 1.30. The standard InChI is InChI=1S/C15H19NS/c1-5-8-17-12-6-7-14-13(9-12)11(2)10-15(3,4)16-14/h5-7,9-10,16H,1,8H2,2-4H3. The second kappa shape index (κ2) is 4.61. The Kier molecular flexibility index (Phi) is 3.34. The van der Waals surface area contributed by atoms with Gasteiger partial charge in [-0.2, -0.15) is 0 Å². The van der Waals surface area contributed by atoms with Gasteiger partial charge in [-0.1, -0.05) is 12.2 Å². The molecule has 1 aromatic carbocycles. The van der Waals surface area contributed by atoms with Crippen LogP contribution >= 0.6 is 11.8 Å². The Labute approximate surface area is 108 Å². The fourth-order valence-electron chi connectivity index (χ4n) is 2.21. The van der Waals surface area contributed by atoms with Gasteiger partial charge in [-0.25, -0.2) is 0 Å². The smallest absolute Gasteiger partial charge is 0.0505 e. The van der Waals surface area contributed by atoms with Gasteiger partial charge in [-0.15, -0.1) is 18.3 Å². The topological polar surface area (TPSA) is 12.0 Å². The average Bonchev–Trinajstić information content (AvgIpc) is 2.25. The molecular weight excluding hydrogens is 226 g/mol. The van der Waals surface area contributed by atoms with Gasteiger partial charge >= 0.3 is 0 Å². The van der Waals surface area contributed by atoms with Crippen LogP contribution in [0.4, 0.5) is 5.69 Å². The van der Waals surface area contributed by atoms with Crippen molar-refractivity contribution in [2.45, 2.75) is 31.2 Å². The number of benzene rings is 1. The number of fused-ring (bicyclic) bond motifs is 1. The van der Waals surface area contributed by atoms with Gasteiger partial charge in [0.25, 0.3) is 0 Å². The minimum absolute atomic E-state index is 0.0485. The molecular formula is C15H19NS. The molecule has 2 heteroatoms. The van der Waals surface area contributed by atoms with Crippen molar-refractivity contribution in [3.8, 4) is 0 Å². The van der Waals surface area contributed by atoms with Crippen LogP contribution in [0, 0.1) is 0 Å². The molecule has 1 aliphatic rings. The van der Waals surface area contributed by atoms with Crippen LogP contribution in [0.1, 0.15) is 26.3 Å². The van der Waals surface area contributed by atoms with Crippen LogP contribution in [0.2, 0.25) is 0 Å². The molecule has 2 rings (SSSR count). The summed E-state index contributed by atoms with van der Waals surface area (Å²) in [6.45, 7) is 10.3. The summed E-state index contributed by atoms with van der Waals surface area (Å²) in [6.07, 6.45) is 4.23. The predicted molar refractivity (Wildman–Crippen MR) is 78.7 cm³/mol. The number of thioether (sulfide) groups is 1. The third-order valence-corrected chi connectivity index (χ3v) is 3.81. The highest BCUT2D eigenvalue weighted by atomic mass is 32.2. The van der Waals surface area contributed by atoms with Crippen molar-refractivity contribution < 1.29 is 0 Å². The quantitative estimate of drug-likeness (QED) is 0.618. The van der Waals surface area contributed by atoms with E-state index in [0.717, 1.165) is 5.75 Å². The predicted octanol–water partition coefficient (Wildman–Crippen LogP) is 4.57. The number of hydrogen-bond donors (Lipinski definition) is 1. The van der Waals surface area contributed by atoms with Gasteiger partial charge in [0.05, 0.1) is 5.54 Å². The van der Waals surface area contributed by atoms with Gasteiger partial charge < -0.3 is 5.32 Å². The highest BCUT2D eigenvalue weighted by Crippen LogP contribution is 2.35. The van der Waals surface area contributed by atoms with Crippen molar-refractivity contribution in [1.82, 2.24) is 0 Å². The Bertz CT molecular complexity index is 472. The van der Waals surface area contributed by atoms with Gasteiger partial charge in [0.2, 0.25) is 0 Å². The molecule has 0 bridgehead atoms. The molecule has 90 valence electrons. The number of anilines is 1. The highest BCUT2D eigenvalue weighted by Gasteiger charge is 2.22. The number of allylic oxidation sites excluding steroid dienone is 1. The summed E-state index contributed by atoms with van der Waals surface area (Å²) in [7, 11) is 0. The lowest BCUT2D eigenvalue weighted by Crippen LogP contribution is -2.31. The minimum Gasteiger partial charge on any atom is -0.376 e. The lowest BCUT2D eigenvalue weighted by molar-refractivity contribution is 0.707. The Morgan fingerprint density at radius 1 is 1.41 bits per heavy atom. The largest absolute Gasteiger partial charge is 0.376 e. The Morgan fingerprint density at radius 3 is 2.88 bits per heavy atom. The molecule has 0 aromatic heterocycles. The summed E-state index contributed by atoms with van der Waals surface area (Å²) in [5.41, 5.74) is 3.95. The first-order valence-corrected chi connectivity index (χ1v) is 6.86. The molecule has 0 amide bonds. The molecule has 0 atom stereocenters. The van der Waals surface area contributed by atoms with Crippen molar-refractivity contribution in [3.05, 3.63) is 42.5 Å². The first-order chi connectivity index (χ1) is 8.02. The zero-order chi connectivity index (χ0) is 12.5. The molecule has 17 heavy (non-hydrogen) atoms. The molecule has 0 aliphatic carbocycles. The average molecular weight is 245 g/mol. The van der Waals surface area contributed by atoms with Crippen molar-refractivity contribution in [2.75, 3.05) is 11.1 Å². The molecule has 0 fully saturated rings. The van der Waals surface area contributed by atoms with Crippen LogP contribution in [-0.2, 0) is 0 Å². The van der Waals surface area contributed by atoms with E-state index in [-0.39, 0.29) is 5.54 Å².